The third-order valence-corrected chi connectivity index (χ3v) is 5.04. The second-order valence-electron chi connectivity index (χ2n) is 6.79. The summed E-state index contributed by atoms with van der Waals surface area (Å²) in [4.78, 5) is 21.6. The number of pyridine rings is 1. The van der Waals surface area contributed by atoms with E-state index in [4.69, 9.17) is 10.5 Å². The molecule has 4 rings (SSSR count). The predicted molar refractivity (Wildman–Crippen MR) is 113 cm³/mol. The van der Waals surface area contributed by atoms with Crippen molar-refractivity contribution in [2.45, 2.75) is 6.18 Å². The molecule has 0 amide bonds. The van der Waals surface area contributed by atoms with Crippen LogP contribution in [0.15, 0.2) is 30.6 Å². The molecular formula is C18H17F3N8O3S. The number of rotatable bonds is 5. The second-order valence-corrected chi connectivity index (χ2v) is 7.53. The third kappa shape index (κ3) is 5.09. The van der Waals surface area contributed by atoms with E-state index in [9.17, 15) is 21.6 Å². The normalized spacial score (nSPS) is 14.5. The largest absolute Gasteiger partial charge is 0.434 e. The summed E-state index contributed by atoms with van der Waals surface area (Å²) in [5.74, 6) is -0.431. The first-order valence-corrected chi connectivity index (χ1v) is 10.7. The quantitative estimate of drug-likeness (QED) is 0.455. The lowest BCUT2D eigenvalue weighted by Gasteiger charge is -2.27. The molecule has 0 bridgehead atoms. The molecule has 0 aromatic carbocycles. The Morgan fingerprint density at radius 3 is 2.42 bits per heavy atom. The summed E-state index contributed by atoms with van der Waals surface area (Å²) < 4.78 is 71.1. The van der Waals surface area contributed by atoms with Crippen molar-refractivity contribution in [3.63, 3.8) is 0 Å². The van der Waals surface area contributed by atoms with Crippen molar-refractivity contribution in [2.24, 2.45) is 0 Å². The number of aromatic nitrogens is 5. The van der Waals surface area contributed by atoms with Gasteiger partial charge in [-0.15, -0.1) is 0 Å². The summed E-state index contributed by atoms with van der Waals surface area (Å²) in [5.41, 5.74) is 4.02. The van der Waals surface area contributed by atoms with Crippen molar-refractivity contribution in [1.82, 2.24) is 24.9 Å². The molecule has 0 unspecified atom stereocenters. The van der Waals surface area contributed by atoms with Crippen LogP contribution >= 0.6 is 0 Å². The van der Waals surface area contributed by atoms with E-state index in [-0.39, 0.29) is 28.7 Å². The minimum Gasteiger partial charge on any atom is -0.378 e. The molecule has 0 spiro atoms. The highest BCUT2D eigenvalue weighted by molar-refractivity contribution is 7.73. The lowest BCUT2D eigenvalue weighted by atomic mass is 10.1. The van der Waals surface area contributed by atoms with Gasteiger partial charge in [0, 0.05) is 36.6 Å². The van der Waals surface area contributed by atoms with Gasteiger partial charge in [-0.05, 0) is 18.2 Å². The molecule has 0 aliphatic carbocycles. The van der Waals surface area contributed by atoms with Crippen molar-refractivity contribution in [1.29, 1.82) is 0 Å². The van der Waals surface area contributed by atoms with Crippen molar-refractivity contribution in [2.75, 3.05) is 41.7 Å². The number of hydrogen-bond donors (Lipinski definition) is 3. The maximum Gasteiger partial charge on any atom is 0.434 e. The minimum absolute atomic E-state index is 0.0317. The fourth-order valence-electron chi connectivity index (χ4n) is 3.20. The first-order chi connectivity index (χ1) is 15.7. The Labute approximate surface area is 187 Å². The number of nitrogens with zero attached hydrogens (tertiary/aromatic N) is 6. The fraction of sp³-hybridized carbons (Fsp3) is 0.278. The van der Waals surface area contributed by atoms with Gasteiger partial charge in [-0.2, -0.15) is 13.2 Å². The zero-order chi connectivity index (χ0) is 23.6. The van der Waals surface area contributed by atoms with Gasteiger partial charge in [-0.1, -0.05) is 0 Å². The topological polar surface area (TPSA) is 149 Å². The molecule has 0 radical (unpaired) electrons. The molecule has 3 aromatic rings. The van der Waals surface area contributed by atoms with Gasteiger partial charge in [-0.25, -0.2) is 33.3 Å². The number of morpholine rings is 1. The molecule has 1 aliphatic rings. The molecule has 3 N–H and O–H groups in total. The van der Waals surface area contributed by atoms with Gasteiger partial charge >= 0.3 is 6.18 Å². The molecule has 174 valence electrons. The van der Waals surface area contributed by atoms with E-state index >= 15 is 0 Å². The van der Waals surface area contributed by atoms with Crippen LogP contribution in [0.4, 0.5) is 30.9 Å². The van der Waals surface area contributed by atoms with E-state index in [1.807, 2.05) is 0 Å². The maximum absolute atomic E-state index is 13.7. The van der Waals surface area contributed by atoms with Crippen LogP contribution in [-0.4, -0.2) is 59.6 Å². The van der Waals surface area contributed by atoms with Gasteiger partial charge in [0.1, 0.15) is 5.82 Å². The van der Waals surface area contributed by atoms with Crippen molar-refractivity contribution < 1.29 is 26.3 Å². The first-order valence-electron chi connectivity index (χ1n) is 9.50. The van der Waals surface area contributed by atoms with E-state index < -0.39 is 34.3 Å². The van der Waals surface area contributed by atoms with Gasteiger partial charge in [-0.3, -0.25) is 4.72 Å². The number of ether oxygens (including phenoxy) is 1. The van der Waals surface area contributed by atoms with Gasteiger partial charge in [0.25, 0.3) is 0 Å². The summed E-state index contributed by atoms with van der Waals surface area (Å²) in [6, 6.07) is 4.36. The van der Waals surface area contributed by atoms with E-state index in [2.05, 4.69) is 29.6 Å². The molecule has 3 aromatic heterocycles. The number of hydrogen-bond acceptors (Lipinski definition) is 10. The van der Waals surface area contributed by atoms with E-state index in [1.165, 1.54) is 18.3 Å². The van der Waals surface area contributed by atoms with Crippen LogP contribution in [0, 0.1) is 0 Å². The molecule has 4 heterocycles. The Morgan fingerprint density at radius 2 is 1.76 bits per heavy atom. The fourth-order valence-corrected chi connectivity index (χ4v) is 3.55. The van der Waals surface area contributed by atoms with Crippen LogP contribution in [0.3, 0.4) is 0 Å². The molecular weight excluding hydrogens is 465 g/mol. The number of thiol groups is 1. The SMILES string of the molecule is Nc1ncc(-c2cc(-c3cccnc3N[SH](=O)=O)nc(N3CCOCC3)n2)c(C(F)(F)F)n1. The highest BCUT2D eigenvalue weighted by Crippen LogP contribution is 2.37. The predicted octanol–water partition coefficient (Wildman–Crippen LogP) is 1.37. The lowest BCUT2D eigenvalue weighted by Crippen LogP contribution is -2.37. The average molecular weight is 482 g/mol. The van der Waals surface area contributed by atoms with Crippen molar-refractivity contribution >= 4 is 28.6 Å². The Kier molecular flexibility index (Phi) is 6.24. The molecule has 1 aliphatic heterocycles. The highest BCUT2D eigenvalue weighted by atomic mass is 32.2. The van der Waals surface area contributed by atoms with Gasteiger partial charge < -0.3 is 15.4 Å². The zero-order valence-corrected chi connectivity index (χ0v) is 17.7. The summed E-state index contributed by atoms with van der Waals surface area (Å²) in [6.07, 6.45) is -2.51. The van der Waals surface area contributed by atoms with E-state index in [1.54, 1.807) is 11.0 Å². The van der Waals surface area contributed by atoms with Crippen molar-refractivity contribution in [3.05, 3.63) is 36.3 Å². The highest BCUT2D eigenvalue weighted by Gasteiger charge is 2.37. The standard InChI is InChI=1S/C18H17F3N8O3S/c19-18(20,21)14-11(9-24-16(22)27-14)13-8-12(10-2-1-3-23-15(10)28-33(30)31)25-17(26-13)29-4-6-32-7-5-29/h1-3,8-9,33H,4-7H2,(H2,22,24,27)(H,23,28,30,31). The molecule has 15 heteroatoms. The van der Waals surface area contributed by atoms with Crippen LogP contribution < -0.4 is 15.4 Å². The number of nitrogen functional groups attached to an aromatic ring is 1. The molecule has 11 nitrogen and oxygen atoms in total. The van der Waals surface area contributed by atoms with Crippen LogP contribution in [0.25, 0.3) is 22.5 Å². The number of anilines is 3. The molecule has 33 heavy (non-hydrogen) atoms. The summed E-state index contributed by atoms with van der Waals surface area (Å²) in [6.45, 7) is 1.60. The van der Waals surface area contributed by atoms with Crippen LogP contribution in [0.1, 0.15) is 5.69 Å². The summed E-state index contributed by atoms with van der Waals surface area (Å²) >= 11 is 0. The zero-order valence-electron chi connectivity index (χ0n) is 16.8. The minimum atomic E-state index is -4.82. The number of nitrogens with one attached hydrogen (secondary N) is 1. The summed E-state index contributed by atoms with van der Waals surface area (Å²) in [7, 11) is -3.04. The molecule has 1 saturated heterocycles. The summed E-state index contributed by atoms with van der Waals surface area (Å²) in [5, 5.41) is 0. The van der Waals surface area contributed by atoms with E-state index in [0.717, 1.165) is 6.20 Å². The lowest BCUT2D eigenvalue weighted by molar-refractivity contribution is -0.140. The Morgan fingerprint density at radius 1 is 1.06 bits per heavy atom. The van der Waals surface area contributed by atoms with Gasteiger partial charge in [0.15, 0.2) is 5.69 Å². The average Bonchev–Trinajstić information content (AvgIpc) is 2.79. The third-order valence-electron chi connectivity index (χ3n) is 4.64. The van der Waals surface area contributed by atoms with Crippen LogP contribution in [0.5, 0.6) is 0 Å². The van der Waals surface area contributed by atoms with Gasteiger partial charge in [0.2, 0.25) is 22.8 Å². The second kappa shape index (κ2) is 9.11. The smallest absolute Gasteiger partial charge is 0.378 e. The maximum atomic E-state index is 13.7. The van der Waals surface area contributed by atoms with E-state index in [0.29, 0.717) is 26.3 Å². The van der Waals surface area contributed by atoms with Crippen LogP contribution in [0.2, 0.25) is 0 Å². The molecule has 1 fully saturated rings. The number of halogens is 3. The first kappa shape index (κ1) is 22.6. The number of nitrogens with two attached hydrogens (primary N) is 1. The number of alkyl halides is 3. The Bertz CT molecular complexity index is 1240. The Balaban J connectivity index is 1.93. The monoisotopic (exact) mass is 482 g/mol. The van der Waals surface area contributed by atoms with Crippen molar-refractivity contribution in [3.8, 4) is 22.5 Å². The molecule has 0 saturated carbocycles. The molecule has 0 atom stereocenters. The van der Waals surface area contributed by atoms with Gasteiger partial charge in [0.05, 0.1) is 24.6 Å². The Hall–Kier alpha value is -3.59. The van der Waals surface area contributed by atoms with Crippen LogP contribution in [-0.2, 0) is 21.8 Å².